The van der Waals surface area contributed by atoms with E-state index in [2.05, 4.69) is 10.1 Å². The van der Waals surface area contributed by atoms with Crippen LogP contribution in [0.25, 0.3) is 0 Å². The Hall–Kier alpha value is -0.940. The highest BCUT2D eigenvalue weighted by Gasteiger charge is 2.25. The van der Waals surface area contributed by atoms with Crippen molar-refractivity contribution in [3.8, 4) is 0 Å². The fourth-order valence-electron chi connectivity index (χ4n) is 1.11. The zero-order valence-corrected chi connectivity index (χ0v) is 9.62. The van der Waals surface area contributed by atoms with E-state index in [1.54, 1.807) is 7.11 Å². The van der Waals surface area contributed by atoms with Gasteiger partial charge in [0.1, 0.15) is 0 Å². The van der Waals surface area contributed by atoms with Crippen molar-refractivity contribution in [1.29, 1.82) is 0 Å². The monoisotopic (exact) mass is 213 g/mol. The van der Waals surface area contributed by atoms with Crippen LogP contribution in [0.4, 0.5) is 0 Å². The van der Waals surface area contributed by atoms with Crippen LogP contribution in [0.1, 0.15) is 38.4 Å². The third-order valence-corrected chi connectivity index (χ3v) is 2.44. The van der Waals surface area contributed by atoms with E-state index in [1.165, 1.54) is 0 Å². The highest BCUT2D eigenvalue weighted by molar-refractivity contribution is 4.99. The van der Waals surface area contributed by atoms with Crippen LogP contribution >= 0.6 is 0 Å². The molecular weight excluding hydrogens is 194 g/mol. The molecule has 0 bridgehead atoms. The predicted octanol–water partition coefficient (Wildman–Crippen LogP) is 1.23. The maximum atomic E-state index is 5.98. The molecule has 0 aliphatic carbocycles. The lowest BCUT2D eigenvalue weighted by molar-refractivity contribution is 0.194. The van der Waals surface area contributed by atoms with Gasteiger partial charge in [0, 0.05) is 20.1 Å². The second-order valence-electron chi connectivity index (χ2n) is 3.88. The number of aryl methyl sites for hydroxylation is 1. The van der Waals surface area contributed by atoms with Gasteiger partial charge in [-0.1, -0.05) is 12.1 Å². The minimum absolute atomic E-state index is 0.511. The molecule has 0 saturated carbocycles. The van der Waals surface area contributed by atoms with Gasteiger partial charge in [-0.15, -0.1) is 0 Å². The minimum atomic E-state index is -0.521. The lowest BCUT2D eigenvalue weighted by Crippen LogP contribution is -2.32. The zero-order valence-electron chi connectivity index (χ0n) is 9.62. The first-order chi connectivity index (χ1) is 7.10. The summed E-state index contributed by atoms with van der Waals surface area (Å²) in [4.78, 5) is 4.27. The average Bonchev–Trinajstić information content (AvgIpc) is 2.68. The molecule has 2 N–H and O–H groups in total. The Balaban J connectivity index is 2.56. The van der Waals surface area contributed by atoms with Crippen molar-refractivity contribution >= 4 is 0 Å². The highest BCUT2D eigenvalue weighted by Crippen LogP contribution is 2.19. The van der Waals surface area contributed by atoms with Crippen molar-refractivity contribution in [2.45, 2.75) is 38.6 Å². The van der Waals surface area contributed by atoms with Gasteiger partial charge in [0.15, 0.2) is 5.82 Å². The molecule has 1 heterocycles. The summed E-state index contributed by atoms with van der Waals surface area (Å²) in [5.41, 5.74) is 5.46. The maximum absolute atomic E-state index is 5.98. The molecule has 15 heavy (non-hydrogen) atoms. The topological polar surface area (TPSA) is 74.2 Å². The summed E-state index contributed by atoms with van der Waals surface area (Å²) < 4.78 is 10.1. The van der Waals surface area contributed by atoms with Gasteiger partial charge in [-0.2, -0.15) is 4.98 Å². The molecule has 0 aromatic carbocycles. The van der Waals surface area contributed by atoms with E-state index < -0.39 is 5.54 Å². The van der Waals surface area contributed by atoms with Crippen molar-refractivity contribution in [2.24, 2.45) is 5.73 Å². The van der Waals surface area contributed by atoms with Gasteiger partial charge < -0.3 is 15.0 Å². The summed E-state index contributed by atoms with van der Waals surface area (Å²) >= 11 is 0. The van der Waals surface area contributed by atoms with Gasteiger partial charge in [0.25, 0.3) is 0 Å². The SMILES string of the molecule is CCC(C)(N)c1nc(CCCOC)no1. The van der Waals surface area contributed by atoms with E-state index in [1.807, 2.05) is 13.8 Å². The normalized spacial score (nSPS) is 15.2. The smallest absolute Gasteiger partial charge is 0.246 e. The van der Waals surface area contributed by atoms with E-state index in [0.717, 1.165) is 19.3 Å². The summed E-state index contributed by atoms with van der Waals surface area (Å²) in [7, 11) is 1.68. The highest BCUT2D eigenvalue weighted by atomic mass is 16.5. The molecular formula is C10H19N3O2. The standard InChI is InChI=1S/C10H19N3O2/c1-4-10(2,11)9-12-8(13-15-9)6-5-7-14-3/h4-7,11H2,1-3H3. The Labute approximate surface area is 90.0 Å². The fraction of sp³-hybridized carbons (Fsp3) is 0.800. The lowest BCUT2D eigenvalue weighted by atomic mass is 10.0. The fourth-order valence-corrected chi connectivity index (χ4v) is 1.11. The molecule has 1 aromatic heterocycles. The van der Waals surface area contributed by atoms with Crippen molar-refractivity contribution in [3.63, 3.8) is 0 Å². The third kappa shape index (κ3) is 3.28. The number of nitrogens with zero attached hydrogens (tertiary/aromatic N) is 2. The largest absolute Gasteiger partial charge is 0.385 e. The van der Waals surface area contributed by atoms with E-state index in [0.29, 0.717) is 18.3 Å². The predicted molar refractivity (Wildman–Crippen MR) is 56.3 cm³/mol. The van der Waals surface area contributed by atoms with Crippen LogP contribution in [0.2, 0.25) is 0 Å². The van der Waals surface area contributed by atoms with Crippen molar-refractivity contribution < 1.29 is 9.26 Å². The van der Waals surface area contributed by atoms with Gasteiger partial charge >= 0.3 is 0 Å². The molecule has 0 spiro atoms. The van der Waals surface area contributed by atoms with Crippen molar-refractivity contribution in [3.05, 3.63) is 11.7 Å². The van der Waals surface area contributed by atoms with E-state index in [4.69, 9.17) is 15.0 Å². The number of hydrogen-bond donors (Lipinski definition) is 1. The molecule has 5 heteroatoms. The van der Waals surface area contributed by atoms with Crippen LogP contribution in [0.3, 0.4) is 0 Å². The Morgan fingerprint density at radius 2 is 2.27 bits per heavy atom. The average molecular weight is 213 g/mol. The van der Waals surface area contributed by atoms with Gasteiger partial charge in [-0.25, -0.2) is 0 Å². The third-order valence-electron chi connectivity index (χ3n) is 2.44. The van der Waals surface area contributed by atoms with Crippen molar-refractivity contribution in [2.75, 3.05) is 13.7 Å². The number of nitrogens with two attached hydrogens (primary N) is 1. The molecule has 0 fully saturated rings. The molecule has 0 aliphatic heterocycles. The van der Waals surface area contributed by atoms with Crippen LogP contribution in [0, 0.1) is 0 Å². The minimum Gasteiger partial charge on any atom is -0.385 e. The molecule has 0 radical (unpaired) electrons. The maximum Gasteiger partial charge on any atom is 0.246 e. The molecule has 1 atom stereocenters. The van der Waals surface area contributed by atoms with E-state index >= 15 is 0 Å². The first-order valence-corrected chi connectivity index (χ1v) is 5.21. The van der Waals surface area contributed by atoms with Crippen LogP contribution in [-0.2, 0) is 16.7 Å². The molecule has 86 valence electrons. The number of hydrogen-bond acceptors (Lipinski definition) is 5. The van der Waals surface area contributed by atoms with Gasteiger partial charge in [-0.3, -0.25) is 0 Å². The molecule has 0 aliphatic rings. The van der Waals surface area contributed by atoms with Crippen molar-refractivity contribution in [1.82, 2.24) is 10.1 Å². The summed E-state index contributed by atoms with van der Waals surface area (Å²) in [6.45, 7) is 4.59. The van der Waals surface area contributed by atoms with Crippen LogP contribution in [-0.4, -0.2) is 23.9 Å². The molecule has 0 amide bonds. The number of ether oxygens (including phenoxy) is 1. The summed E-state index contributed by atoms with van der Waals surface area (Å²) in [5, 5.41) is 3.88. The van der Waals surface area contributed by atoms with E-state index in [9.17, 15) is 0 Å². The second-order valence-corrected chi connectivity index (χ2v) is 3.88. The molecule has 1 unspecified atom stereocenters. The van der Waals surface area contributed by atoms with Crippen LogP contribution in [0.15, 0.2) is 4.52 Å². The number of rotatable bonds is 6. The first kappa shape index (κ1) is 12.1. The molecule has 0 saturated heterocycles. The lowest BCUT2D eigenvalue weighted by Gasteiger charge is -2.16. The van der Waals surface area contributed by atoms with Gasteiger partial charge in [0.05, 0.1) is 5.54 Å². The first-order valence-electron chi connectivity index (χ1n) is 5.21. The molecule has 1 rings (SSSR count). The van der Waals surface area contributed by atoms with Crippen LogP contribution in [0.5, 0.6) is 0 Å². The van der Waals surface area contributed by atoms with Crippen LogP contribution < -0.4 is 5.73 Å². The Kier molecular flexibility index (Phi) is 4.23. The Bertz CT molecular complexity index is 297. The van der Waals surface area contributed by atoms with E-state index in [-0.39, 0.29) is 0 Å². The zero-order chi connectivity index (χ0) is 11.3. The second kappa shape index (κ2) is 5.23. The summed E-state index contributed by atoms with van der Waals surface area (Å²) in [6, 6.07) is 0. The van der Waals surface area contributed by atoms with Gasteiger partial charge in [0.2, 0.25) is 5.89 Å². The quantitative estimate of drug-likeness (QED) is 0.719. The summed E-state index contributed by atoms with van der Waals surface area (Å²) in [5.74, 6) is 1.21. The molecule has 1 aromatic rings. The Morgan fingerprint density at radius 1 is 1.53 bits per heavy atom. The molecule has 5 nitrogen and oxygen atoms in total. The van der Waals surface area contributed by atoms with Gasteiger partial charge in [-0.05, 0) is 19.8 Å². The summed E-state index contributed by atoms with van der Waals surface area (Å²) in [6.07, 6.45) is 2.42. The number of methoxy groups -OCH3 is 1. The Morgan fingerprint density at radius 3 is 2.87 bits per heavy atom. The number of aromatic nitrogens is 2.